The zero-order valence-corrected chi connectivity index (χ0v) is 11.3. The van der Waals surface area contributed by atoms with E-state index in [4.69, 9.17) is 16.3 Å². The summed E-state index contributed by atoms with van der Waals surface area (Å²) < 4.78 is 42.6. The van der Waals surface area contributed by atoms with Gasteiger partial charge in [-0.3, -0.25) is 0 Å². The number of hydrogen-bond donors (Lipinski definition) is 2. The van der Waals surface area contributed by atoms with E-state index in [1.54, 1.807) is 0 Å². The zero-order valence-electron chi connectivity index (χ0n) is 10.5. The lowest BCUT2D eigenvalue weighted by atomic mass is 10.3. The SMILES string of the molecule is C[C@@H](Nc1nc(Cl)nc(N[C@H]2CCOC2)n1)C(F)(F)F. The normalized spacial score (nSPS) is 20.8. The molecule has 1 fully saturated rings. The molecule has 0 aliphatic carbocycles. The molecule has 2 heterocycles. The fraction of sp³-hybridized carbons (Fsp3) is 0.700. The summed E-state index contributed by atoms with van der Waals surface area (Å²) in [5.41, 5.74) is 0. The van der Waals surface area contributed by atoms with Crippen molar-refractivity contribution in [2.24, 2.45) is 0 Å². The van der Waals surface area contributed by atoms with Crippen molar-refractivity contribution in [3.8, 4) is 0 Å². The second-order valence-corrected chi connectivity index (χ2v) is 4.70. The van der Waals surface area contributed by atoms with E-state index in [0.717, 1.165) is 13.3 Å². The molecule has 0 unspecified atom stereocenters. The van der Waals surface area contributed by atoms with Gasteiger partial charge >= 0.3 is 6.18 Å². The van der Waals surface area contributed by atoms with E-state index in [2.05, 4.69) is 25.6 Å². The van der Waals surface area contributed by atoms with Crippen LogP contribution in [-0.4, -0.2) is 46.4 Å². The van der Waals surface area contributed by atoms with Crippen LogP contribution in [-0.2, 0) is 4.74 Å². The molecule has 2 rings (SSSR count). The molecule has 1 aromatic heterocycles. The van der Waals surface area contributed by atoms with Crippen molar-refractivity contribution in [3.63, 3.8) is 0 Å². The number of hydrogen-bond acceptors (Lipinski definition) is 6. The van der Waals surface area contributed by atoms with Crippen LogP contribution in [0.3, 0.4) is 0 Å². The second-order valence-electron chi connectivity index (χ2n) is 4.36. The Morgan fingerprint density at radius 1 is 1.30 bits per heavy atom. The average molecular weight is 312 g/mol. The molecule has 20 heavy (non-hydrogen) atoms. The Labute approximate surface area is 118 Å². The highest BCUT2D eigenvalue weighted by Gasteiger charge is 2.36. The number of nitrogens with zero attached hydrogens (tertiary/aromatic N) is 3. The van der Waals surface area contributed by atoms with Crippen molar-refractivity contribution in [1.82, 2.24) is 15.0 Å². The maximum absolute atomic E-state index is 12.5. The maximum Gasteiger partial charge on any atom is 0.408 e. The van der Waals surface area contributed by atoms with E-state index in [9.17, 15) is 13.2 Å². The number of ether oxygens (including phenoxy) is 1. The van der Waals surface area contributed by atoms with Gasteiger partial charge in [-0.05, 0) is 24.9 Å². The number of aromatic nitrogens is 3. The van der Waals surface area contributed by atoms with Gasteiger partial charge in [0.15, 0.2) is 0 Å². The summed E-state index contributed by atoms with van der Waals surface area (Å²) in [6, 6.07) is -1.77. The van der Waals surface area contributed by atoms with Gasteiger partial charge in [-0.25, -0.2) is 0 Å². The minimum absolute atomic E-state index is 0.0151. The molecule has 10 heteroatoms. The summed E-state index contributed by atoms with van der Waals surface area (Å²) in [6.45, 7) is 2.08. The number of anilines is 2. The number of nitrogens with one attached hydrogen (secondary N) is 2. The molecule has 0 aromatic carbocycles. The summed E-state index contributed by atoms with van der Waals surface area (Å²) >= 11 is 5.68. The van der Waals surface area contributed by atoms with Crippen LogP contribution in [0.5, 0.6) is 0 Å². The third-order valence-corrected chi connectivity index (χ3v) is 2.88. The molecule has 112 valence electrons. The molecule has 0 radical (unpaired) electrons. The first-order valence-electron chi connectivity index (χ1n) is 5.93. The number of halogens is 4. The first kappa shape index (κ1) is 15.0. The van der Waals surface area contributed by atoms with E-state index in [-0.39, 0.29) is 23.2 Å². The lowest BCUT2D eigenvalue weighted by molar-refractivity contribution is -0.138. The second kappa shape index (κ2) is 5.96. The topological polar surface area (TPSA) is 72.0 Å². The molecule has 0 spiro atoms. The van der Waals surface area contributed by atoms with Gasteiger partial charge in [-0.15, -0.1) is 0 Å². The minimum Gasteiger partial charge on any atom is -0.379 e. The van der Waals surface area contributed by atoms with Crippen LogP contribution in [0.4, 0.5) is 25.1 Å². The van der Waals surface area contributed by atoms with Gasteiger partial charge in [0.2, 0.25) is 17.2 Å². The predicted octanol–water partition coefficient (Wildman–Crippen LogP) is 2.09. The highest BCUT2D eigenvalue weighted by molar-refractivity contribution is 6.28. The van der Waals surface area contributed by atoms with Crippen molar-refractivity contribution in [1.29, 1.82) is 0 Å². The molecule has 1 saturated heterocycles. The lowest BCUT2D eigenvalue weighted by Gasteiger charge is -2.17. The van der Waals surface area contributed by atoms with Gasteiger partial charge in [0, 0.05) is 6.61 Å². The molecule has 0 bridgehead atoms. The summed E-state index contributed by atoms with van der Waals surface area (Å²) in [6.07, 6.45) is -3.63. The van der Waals surface area contributed by atoms with Crippen LogP contribution < -0.4 is 10.6 Å². The minimum atomic E-state index is -4.40. The fourth-order valence-electron chi connectivity index (χ4n) is 1.59. The Morgan fingerprint density at radius 3 is 2.60 bits per heavy atom. The van der Waals surface area contributed by atoms with Gasteiger partial charge < -0.3 is 15.4 Å². The van der Waals surface area contributed by atoms with Crippen molar-refractivity contribution >= 4 is 23.5 Å². The molecular formula is C10H13ClF3N5O. The van der Waals surface area contributed by atoms with Gasteiger partial charge in [-0.2, -0.15) is 28.1 Å². The summed E-state index contributed by atoms with van der Waals surface area (Å²) in [7, 11) is 0. The Balaban J connectivity index is 2.07. The Bertz CT molecular complexity index is 467. The van der Waals surface area contributed by atoms with Crippen molar-refractivity contribution in [2.75, 3.05) is 23.8 Å². The molecule has 1 aliphatic heterocycles. The standard InChI is InChI=1S/C10H13ClF3N5O/c1-5(10(12,13)14)15-8-17-7(11)18-9(19-8)16-6-2-3-20-4-6/h5-6H,2-4H2,1H3,(H2,15,16,17,18,19)/t5-,6+/m1/s1. The highest BCUT2D eigenvalue weighted by atomic mass is 35.5. The maximum atomic E-state index is 12.5. The summed E-state index contributed by atoms with van der Waals surface area (Å²) in [4.78, 5) is 11.3. The van der Waals surface area contributed by atoms with Crippen LogP contribution in [0.1, 0.15) is 13.3 Å². The van der Waals surface area contributed by atoms with Crippen molar-refractivity contribution < 1.29 is 17.9 Å². The Morgan fingerprint density at radius 2 is 2.00 bits per heavy atom. The Kier molecular flexibility index (Phi) is 4.48. The smallest absolute Gasteiger partial charge is 0.379 e. The fourth-order valence-corrected chi connectivity index (χ4v) is 1.75. The zero-order chi connectivity index (χ0) is 14.8. The summed E-state index contributed by atoms with van der Waals surface area (Å²) in [5.74, 6) is -0.103. The highest BCUT2D eigenvalue weighted by Crippen LogP contribution is 2.23. The van der Waals surface area contributed by atoms with Crippen LogP contribution in [0, 0.1) is 0 Å². The van der Waals surface area contributed by atoms with Crippen LogP contribution in [0.2, 0.25) is 5.28 Å². The molecule has 1 aromatic rings. The average Bonchev–Trinajstić information content (AvgIpc) is 2.79. The first-order chi connectivity index (χ1) is 9.34. The van der Waals surface area contributed by atoms with E-state index in [1.807, 2.05) is 0 Å². The van der Waals surface area contributed by atoms with Crippen LogP contribution in [0.15, 0.2) is 0 Å². The van der Waals surface area contributed by atoms with E-state index >= 15 is 0 Å². The predicted molar refractivity (Wildman–Crippen MR) is 66.8 cm³/mol. The Hall–Kier alpha value is -1.35. The molecule has 2 N–H and O–H groups in total. The van der Waals surface area contributed by atoms with Gasteiger partial charge in [-0.1, -0.05) is 0 Å². The van der Waals surface area contributed by atoms with Gasteiger partial charge in [0.25, 0.3) is 0 Å². The quantitative estimate of drug-likeness (QED) is 0.887. The van der Waals surface area contributed by atoms with E-state index < -0.39 is 12.2 Å². The van der Waals surface area contributed by atoms with Crippen molar-refractivity contribution in [3.05, 3.63) is 5.28 Å². The largest absolute Gasteiger partial charge is 0.408 e. The van der Waals surface area contributed by atoms with Crippen molar-refractivity contribution in [2.45, 2.75) is 31.6 Å². The third-order valence-electron chi connectivity index (χ3n) is 2.71. The van der Waals surface area contributed by atoms with Crippen LogP contribution >= 0.6 is 11.6 Å². The van der Waals surface area contributed by atoms with Crippen LogP contribution in [0.25, 0.3) is 0 Å². The van der Waals surface area contributed by atoms with E-state index in [1.165, 1.54) is 0 Å². The first-order valence-corrected chi connectivity index (χ1v) is 6.31. The summed E-state index contributed by atoms with van der Waals surface area (Å²) in [5, 5.41) is 4.90. The van der Waals surface area contributed by atoms with Gasteiger partial charge in [0.05, 0.1) is 12.6 Å². The molecule has 1 aliphatic rings. The van der Waals surface area contributed by atoms with Gasteiger partial charge in [0.1, 0.15) is 6.04 Å². The number of rotatable bonds is 4. The van der Waals surface area contributed by atoms with E-state index in [0.29, 0.717) is 13.2 Å². The molecular weight excluding hydrogens is 299 g/mol. The lowest BCUT2D eigenvalue weighted by Crippen LogP contribution is -2.34. The molecule has 0 saturated carbocycles. The number of alkyl halides is 3. The monoisotopic (exact) mass is 311 g/mol. The third kappa shape index (κ3) is 4.07. The molecule has 6 nitrogen and oxygen atoms in total. The molecule has 2 atom stereocenters. The molecule has 0 amide bonds.